The molecule has 5 rings (SSSR count). The van der Waals surface area contributed by atoms with Crippen LogP contribution in [0.3, 0.4) is 0 Å². The molecule has 1 aliphatic rings. The molecular weight excluding hydrogens is 430 g/mol. The summed E-state index contributed by atoms with van der Waals surface area (Å²) in [6.07, 6.45) is 0. The fourth-order valence-electron chi connectivity index (χ4n) is 3.59. The van der Waals surface area contributed by atoms with Crippen LogP contribution in [0.25, 0.3) is 21.7 Å². The van der Waals surface area contributed by atoms with E-state index in [-0.39, 0.29) is 0 Å². The highest BCUT2D eigenvalue weighted by Crippen LogP contribution is 2.38. The van der Waals surface area contributed by atoms with Crippen molar-refractivity contribution < 1.29 is 9.15 Å². The van der Waals surface area contributed by atoms with Gasteiger partial charge in [-0.15, -0.1) is 21.5 Å². The third-order valence-corrected chi connectivity index (χ3v) is 7.30. The van der Waals surface area contributed by atoms with E-state index in [0.717, 1.165) is 58.5 Å². The molecule has 1 saturated heterocycles. The standard InChI is InChI=1S/C22H23N5O2S2/c1-13-5-4-6-16(11-13)19-25-26-22(29-19)31-21-18-14(2)15(3)30-20(18)23-17(24-21)12-27-7-9-28-10-8-27/h4-6,11H,7-10,12H2,1-3H3. The number of hydrogen-bond acceptors (Lipinski definition) is 9. The number of ether oxygens (including phenoxy) is 1. The monoisotopic (exact) mass is 453 g/mol. The van der Waals surface area contributed by atoms with Crippen LogP contribution in [0.4, 0.5) is 0 Å². The second kappa shape index (κ2) is 8.66. The summed E-state index contributed by atoms with van der Waals surface area (Å²) in [6, 6.07) is 8.05. The molecule has 4 aromatic rings. The lowest BCUT2D eigenvalue weighted by molar-refractivity contribution is 0.0330. The Labute approximate surface area is 188 Å². The van der Waals surface area contributed by atoms with Crippen molar-refractivity contribution >= 4 is 33.3 Å². The van der Waals surface area contributed by atoms with Gasteiger partial charge < -0.3 is 9.15 Å². The predicted molar refractivity (Wildman–Crippen MR) is 122 cm³/mol. The Bertz CT molecular complexity index is 1230. The molecule has 1 aromatic carbocycles. The summed E-state index contributed by atoms with van der Waals surface area (Å²) in [5.74, 6) is 1.33. The number of hydrogen-bond donors (Lipinski definition) is 0. The third-order valence-electron chi connectivity index (χ3n) is 5.37. The van der Waals surface area contributed by atoms with Gasteiger partial charge in [-0.1, -0.05) is 17.7 Å². The maximum absolute atomic E-state index is 5.97. The molecular formula is C22H23N5O2S2. The first-order valence-electron chi connectivity index (χ1n) is 10.2. The summed E-state index contributed by atoms with van der Waals surface area (Å²) in [7, 11) is 0. The molecule has 0 amide bonds. The first-order valence-corrected chi connectivity index (χ1v) is 11.9. The Hall–Kier alpha value is -2.33. The van der Waals surface area contributed by atoms with E-state index in [2.05, 4.69) is 28.9 Å². The molecule has 0 saturated carbocycles. The van der Waals surface area contributed by atoms with Gasteiger partial charge in [0.25, 0.3) is 5.22 Å². The molecule has 0 atom stereocenters. The van der Waals surface area contributed by atoms with E-state index < -0.39 is 0 Å². The normalized spacial score (nSPS) is 15.1. The highest BCUT2D eigenvalue weighted by atomic mass is 32.2. The Morgan fingerprint density at radius 2 is 1.94 bits per heavy atom. The third kappa shape index (κ3) is 4.36. The molecule has 1 fully saturated rings. The van der Waals surface area contributed by atoms with Crippen molar-refractivity contribution in [3.8, 4) is 11.5 Å². The Kier molecular flexibility index (Phi) is 5.75. The maximum atomic E-state index is 5.97. The van der Waals surface area contributed by atoms with Crippen LogP contribution in [0.2, 0.25) is 0 Å². The SMILES string of the molecule is Cc1cccc(-c2nnc(Sc3nc(CN4CCOCC4)nc4sc(C)c(C)c34)o2)c1. The first kappa shape index (κ1) is 20.6. The van der Waals surface area contributed by atoms with Crippen molar-refractivity contribution in [2.45, 2.75) is 37.6 Å². The van der Waals surface area contributed by atoms with Gasteiger partial charge in [0.1, 0.15) is 15.7 Å². The molecule has 3 aromatic heterocycles. The van der Waals surface area contributed by atoms with Crippen LogP contribution in [-0.4, -0.2) is 51.4 Å². The quantitative estimate of drug-likeness (QED) is 0.404. The molecule has 7 nitrogen and oxygen atoms in total. The Morgan fingerprint density at radius 1 is 1.10 bits per heavy atom. The number of thiophene rings is 1. The Balaban J connectivity index is 1.48. The smallest absolute Gasteiger partial charge is 0.283 e. The van der Waals surface area contributed by atoms with Crippen molar-refractivity contribution in [2.24, 2.45) is 0 Å². The van der Waals surface area contributed by atoms with Gasteiger partial charge in [0.05, 0.1) is 19.8 Å². The largest absolute Gasteiger partial charge is 0.411 e. The average Bonchev–Trinajstić information content (AvgIpc) is 3.33. The number of morpholine rings is 1. The van der Waals surface area contributed by atoms with Crippen molar-refractivity contribution in [3.63, 3.8) is 0 Å². The first-order chi connectivity index (χ1) is 15.1. The van der Waals surface area contributed by atoms with Crippen LogP contribution >= 0.6 is 23.1 Å². The molecule has 9 heteroatoms. The fourth-order valence-corrected chi connectivity index (χ4v) is 5.57. The topological polar surface area (TPSA) is 77.2 Å². The van der Waals surface area contributed by atoms with E-state index in [1.807, 2.05) is 31.2 Å². The minimum Gasteiger partial charge on any atom is -0.411 e. The van der Waals surface area contributed by atoms with Crippen LogP contribution in [0, 0.1) is 20.8 Å². The predicted octanol–water partition coefficient (Wildman–Crippen LogP) is 4.65. The van der Waals surface area contributed by atoms with Crippen LogP contribution in [-0.2, 0) is 11.3 Å². The summed E-state index contributed by atoms with van der Waals surface area (Å²) in [4.78, 5) is 14.4. The van der Waals surface area contributed by atoms with Crippen molar-refractivity contribution in [1.82, 2.24) is 25.1 Å². The molecule has 160 valence electrons. The lowest BCUT2D eigenvalue weighted by Gasteiger charge is -2.25. The van der Waals surface area contributed by atoms with Crippen LogP contribution in [0.5, 0.6) is 0 Å². The van der Waals surface area contributed by atoms with E-state index in [0.29, 0.717) is 17.7 Å². The van der Waals surface area contributed by atoms with Gasteiger partial charge in [-0.3, -0.25) is 4.90 Å². The zero-order valence-corrected chi connectivity index (χ0v) is 19.3. The zero-order chi connectivity index (χ0) is 21.4. The molecule has 31 heavy (non-hydrogen) atoms. The lowest BCUT2D eigenvalue weighted by Crippen LogP contribution is -2.36. The van der Waals surface area contributed by atoms with Gasteiger partial charge >= 0.3 is 0 Å². The highest BCUT2D eigenvalue weighted by Gasteiger charge is 2.20. The summed E-state index contributed by atoms with van der Waals surface area (Å²) >= 11 is 3.12. The summed E-state index contributed by atoms with van der Waals surface area (Å²) < 4.78 is 11.4. The number of aryl methyl sites for hydroxylation is 3. The van der Waals surface area contributed by atoms with Gasteiger partial charge in [-0.05, 0) is 50.2 Å². The minimum atomic E-state index is 0.483. The second-order valence-electron chi connectivity index (χ2n) is 7.64. The number of nitrogens with zero attached hydrogens (tertiary/aromatic N) is 5. The molecule has 0 radical (unpaired) electrons. The van der Waals surface area contributed by atoms with Gasteiger partial charge in [0.2, 0.25) is 5.89 Å². The number of aromatic nitrogens is 4. The van der Waals surface area contributed by atoms with Crippen molar-refractivity contribution in [3.05, 3.63) is 46.1 Å². The van der Waals surface area contributed by atoms with Gasteiger partial charge in [-0.2, -0.15) is 0 Å². The Morgan fingerprint density at radius 3 is 2.74 bits per heavy atom. The summed E-state index contributed by atoms with van der Waals surface area (Å²) in [5, 5.41) is 10.9. The van der Waals surface area contributed by atoms with Crippen LogP contribution in [0.1, 0.15) is 21.8 Å². The molecule has 0 aliphatic carbocycles. The van der Waals surface area contributed by atoms with Gasteiger partial charge in [0, 0.05) is 28.9 Å². The lowest BCUT2D eigenvalue weighted by atomic mass is 10.1. The van der Waals surface area contributed by atoms with E-state index in [1.54, 1.807) is 11.3 Å². The molecule has 0 N–H and O–H groups in total. The minimum absolute atomic E-state index is 0.483. The van der Waals surface area contributed by atoms with Crippen LogP contribution in [0.15, 0.2) is 38.9 Å². The van der Waals surface area contributed by atoms with E-state index >= 15 is 0 Å². The number of rotatable bonds is 5. The van der Waals surface area contributed by atoms with Crippen molar-refractivity contribution in [1.29, 1.82) is 0 Å². The zero-order valence-electron chi connectivity index (χ0n) is 17.7. The highest BCUT2D eigenvalue weighted by molar-refractivity contribution is 7.99. The van der Waals surface area contributed by atoms with E-state index in [9.17, 15) is 0 Å². The van der Waals surface area contributed by atoms with Crippen molar-refractivity contribution in [2.75, 3.05) is 26.3 Å². The second-order valence-corrected chi connectivity index (χ2v) is 9.78. The van der Waals surface area contributed by atoms with E-state index in [4.69, 9.17) is 19.1 Å². The molecule has 0 bridgehead atoms. The van der Waals surface area contributed by atoms with Gasteiger partial charge in [-0.25, -0.2) is 9.97 Å². The van der Waals surface area contributed by atoms with E-state index in [1.165, 1.54) is 22.2 Å². The summed E-state index contributed by atoms with van der Waals surface area (Å²) in [6.45, 7) is 10.3. The molecule has 0 spiro atoms. The summed E-state index contributed by atoms with van der Waals surface area (Å²) in [5.41, 5.74) is 3.28. The number of benzene rings is 1. The molecule has 4 heterocycles. The van der Waals surface area contributed by atoms with Crippen LogP contribution < -0.4 is 0 Å². The molecule has 0 unspecified atom stereocenters. The maximum Gasteiger partial charge on any atom is 0.283 e. The van der Waals surface area contributed by atoms with Gasteiger partial charge in [0.15, 0.2) is 0 Å². The number of fused-ring (bicyclic) bond motifs is 1. The fraction of sp³-hybridized carbons (Fsp3) is 0.364. The molecule has 1 aliphatic heterocycles. The average molecular weight is 454 g/mol.